The smallest absolute Gasteiger partial charge is 0.203 e. The number of anilines is 7. The van der Waals surface area contributed by atoms with E-state index >= 15 is 0 Å². The van der Waals surface area contributed by atoms with Crippen LogP contribution in [-0.4, -0.2) is 29.0 Å². The fourth-order valence-corrected chi connectivity index (χ4v) is 6.35. The molecular formula is C30H47N9S3. The SMILES string of the molecule is CCCCCCSc1nnc(N)s1.Cc1cc(N)ccc1N.Cc1cc(N)ccc1N.Nc1ccc(N2CCCC2)s1. The molecule has 0 spiro atoms. The van der Waals surface area contributed by atoms with Crippen molar-refractivity contribution in [3.05, 3.63) is 59.7 Å². The highest BCUT2D eigenvalue weighted by Gasteiger charge is 2.13. The third-order valence-electron chi connectivity index (χ3n) is 6.26. The molecule has 1 aliphatic rings. The van der Waals surface area contributed by atoms with Crippen LogP contribution in [0.4, 0.5) is 37.9 Å². The molecule has 0 atom stereocenters. The zero-order chi connectivity index (χ0) is 30.9. The fraction of sp³-hybridized carbons (Fsp3) is 0.400. The van der Waals surface area contributed by atoms with Crippen LogP contribution in [-0.2, 0) is 0 Å². The van der Waals surface area contributed by atoms with Crippen LogP contribution in [0.1, 0.15) is 56.6 Å². The van der Waals surface area contributed by atoms with Crippen molar-refractivity contribution in [2.24, 2.45) is 0 Å². The lowest BCUT2D eigenvalue weighted by Crippen LogP contribution is -2.15. The molecule has 3 heterocycles. The molecule has 0 aliphatic carbocycles. The Bertz CT molecular complexity index is 1270. The number of nitrogens with two attached hydrogens (primary N) is 6. The lowest BCUT2D eigenvalue weighted by atomic mass is 10.2. The number of hydrogen-bond acceptors (Lipinski definition) is 12. The molecule has 12 heteroatoms. The second-order valence-corrected chi connectivity index (χ2v) is 13.4. The van der Waals surface area contributed by atoms with Crippen molar-refractivity contribution in [3.63, 3.8) is 0 Å². The molecule has 0 unspecified atom stereocenters. The van der Waals surface area contributed by atoms with Gasteiger partial charge in [0.2, 0.25) is 5.13 Å². The number of aromatic nitrogens is 2. The first kappa shape index (κ1) is 34.8. The Hall–Kier alpha value is -3.35. The van der Waals surface area contributed by atoms with Gasteiger partial charge in [-0.2, -0.15) is 0 Å². The van der Waals surface area contributed by atoms with Crippen LogP contribution in [0.5, 0.6) is 0 Å². The van der Waals surface area contributed by atoms with E-state index in [4.69, 9.17) is 34.4 Å². The fourth-order valence-electron chi connectivity index (χ4n) is 3.81. The summed E-state index contributed by atoms with van der Waals surface area (Å²) in [4.78, 5) is 2.40. The van der Waals surface area contributed by atoms with Crippen LogP contribution in [0.2, 0.25) is 0 Å². The van der Waals surface area contributed by atoms with Crippen LogP contribution in [0.15, 0.2) is 52.9 Å². The van der Waals surface area contributed by atoms with Gasteiger partial charge < -0.3 is 39.3 Å². The predicted molar refractivity (Wildman–Crippen MR) is 189 cm³/mol. The largest absolute Gasteiger partial charge is 0.399 e. The van der Waals surface area contributed by atoms with Gasteiger partial charge in [-0.25, -0.2) is 0 Å². The van der Waals surface area contributed by atoms with Gasteiger partial charge in [0.15, 0.2) is 4.34 Å². The quantitative estimate of drug-likeness (QED) is 0.0703. The molecule has 1 fully saturated rings. The van der Waals surface area contributed by atoms with Gasteiger partial charge >= 0.3 is 0 Å². The minimum atomic E-state index is 0.566. The minimum Gasteiger partial charge on any atom is -0.399 e. The van der Waals surface area contributed by atoms with Crippen molar-refractivity contribution in [1.82, 2.24) is 10.2 Å². The summed E-state index contributed by atoms with van der Waals surface area (Å²) in [5, 5.41) is 10.5. The number of thioether (sulfide) groups is 1. The summed E-state index contributed by atoms with van der Waals surface area (Å²) < 4.78 is 0.994. The summed E-state index contributed by atoms with van der Waals surface area (Å²) in [7, 11) is 0. The molecule has 0 radical (unpaired) electrons. The summed E-state index contributed by atoms with van der Waals surface area (Å²) >= 11 is 4.92. The maximum atomic E-state index is 5.64. The zero-order valence-corrected chi connectivity index (χ0v) is 27.5. The summed E-state index contributed by atoms with van der Waals surface area (Å²) in [6, 6.07) is 15.0. The van der Waals surface area contributed by atoms with Gasteiger partial charge in [0, 0.05) is 41.6 Å². The Morgan fingerprint density at radius 2 is 1.33 bits per heavy atom. The first-order valence-electron chi connectivity index (χ1n) is 14.1. The van der Waals surface area contributed by atoms with Crippen LogP contribution >= 0.6 is 34.4 Å². The second kappa shape index (κ2) is 19.0. The van der Waals surface area contributed by atoms with Crippen molar-refractivity contribution in [2.75, 3.05) is 58.1 Å². The van der Waals surface area contributed by atoms with E-state index in [9.17, 15) is 0 Å². The Labute approximate surface area is 263 Å². The molecule has 5 rings (SSSR count). The monoisotopic (exact) mass is 629 g/mol. The van der Waals surface area contributed by atoms with E-state index < -0.39 is 0 Å². The van der Waals surface area contributed by atoms with Gasteiger partial charge in [0.25, 0.3) is 0 Å². The Balaban J connectivity index is 0.000000198. The average molecular weight is 630 g/mol. The number of unbranched alkanes of at least 4 members (excludes halogenated alkanes) is 3. The van der Waals surface area contributed by atoms with Crippen LogP contribution in [0.3, 0.4) is 0 Å². The van der Waals surface area contributed by atoms with Crippen molar-refractivity contribution in [3.8, 4) is 0 Å². The molecule has 1 aliphatic heterocycles. The number of nitrogen functional groups attached to an aromatic ring is 6. The van der Waals surface area contributed by atoms with E-state index in [0.717, 1.165) is 49.0 Å². The van der Waals surface area contributed by atoms with Gasteiger partial charge in [-0.05, 0) is 92.8 Å². The average Bonchev–Trinajstić information content (AvgIpc) is 3.73. The molecule has 9 nitrogen and oxygen atoms in total. The highest BCUT2D eigenvalue weighted by Crippen LogP contribution is 2.30. The number of nitrogens with zero attached hydrogens (tertiary/aromatic N) is 3. The first-order valence-corrected chi connectivity index (χ1v) is 16.8. The van der Waals surface area contributed by atoms with Crippen LogP contribution in [0.25, 0.3) is 0 Å². The highest BCUT2D eigenvalue weighted by atomic mass is 32.2. The Morgan fingerprint density at radius 3 is 1.76 bits per heavy atom. The van der Waals surface area contributed by atoms with E-state index in [-0.39, 0.29) is 0 Å². The summed E-state index contributed by atoms with van der Waals surface area (Å²) in [6.07, 6.45) is 7.86. The zero-order valence-electron chi connectivity index (χ0n) is 25.0. The molecule has 230 valence electrons. The summed E-state index contributed by atoms with van der Waals surface area (Å²) in [5.74, 6) is 1.13. The minimum absolute atomic E-state index is 0.566. The van der Waals surface area contributed by atoms with Gasteiger partial charge in [-0.15, -0.1) is 21.5 Å². The molecule has 2 aromatic heterocycles. The molecule has 1 saturated heterocycles. The van der Waals surface area contributed by atoms with Gasteiger partial charge in [0.05, 0.1) is 10.0 Å². The number of thiophene rings is 1. The van der Waals surface area contributed by atoms with Gasteiger partial charge in [0.1, 0.15) is 0 Å². The van der Waals surface area contributed by atoms with Gasteiger partial charge in [-0.3, -0.25) is 0 Å². The van der Waals surface area contributed by atoms with Crippen molar-refractivity contribution < 1.29 is 0 Å². The molecule has 12 N–H and O–H groups in total. The lowest BCUT2D eigenvalue weighted by Gasteiger charge is -2.13. The first-order chi connectivity index (χ1) is 20.1. The van der Waals surface area contributed by atoms with Crippen LogP contribution in [0, 0.1) is 13.8 Å². The molecule has 2 aromatic carbocycles. The van der Waals surface area contributed by atoms with Crippen molar-refractivity contribution in [2.45, 2.75) is 63.6 Å². The van der Waals surface area contributed by atoms with E-state index in [1.165, 1.54) is 68.0 Å². The molecule has 0 amide bonds. The number of rotatable bonds is 7. The van der Waals surface area contributed by atoms with Crippen molar-refractivity contribution >= 4 is 72.3 Å². The molecule has 0 saturated carbocycles. The molecular weight excluding hydrogens is 583 g/mol. The number of hydrogen-bond donors (Lipinski definition) is 6. The van der Waals surface area contributed by atoms with E-state index in [2.05, 4.69) is 28.1 Å². The van der Waals surface area contributed by atoms with Crippen LogP contribution < -0.4 is 39.3 Å². The normalized spacial score (nSPS) is 11.9. The number of benzene rings is 2. The van der Waals surface area contributed by atoms with Gasteiger partial charge in [-0.1, -0.05) is 49.3 Å². The molecule has 0 bridgehead atoms. The highest BCUT2D eigenvalue weighted by molar-refractivity contribution is 8.01. The third-order valence-corrected chi connectivity index (χ3v) is 9.21. The number of aryl methyl sites for hydroxylation is 2. The molecule has 42 heavy (non-hydrogen) atoms. The lowest BCUT2D eigenvalue weighted by molar-refractivity contribution is 0.706. The predicted octanol–water partition coefficient (Wildman–Crippen LogP) is 7.04. The molecule has 4 aromatic rings. The summed E-state index contributed by atoms with van der Waals surface area (Å²) in [6.45, 7) is 8.51. The van der Waals surface area contributed by atoms with E-state index in [0.29, 0.717) is 5.13 Å². The second-order valence-electron chi connectivity index (χ2n) is 9.92. The maximum Gasteiger partial charge on any atom is 0.203 e. The Morgan fingerprint density at radius 1 is 0.738 bits per heavy atom. The van der Waals surface area contributed by atoms with E-state index in [1.54, 1.807) is 35.2 Å². The van der Waals surface area contributed by atoms with Crippen molar-refractivity contribution in [1.29, 1.82) is 0 Å². The third kappa shape index (κ3) is 13.5. The maximum absolute atomic E-state index is 5.64. The standard InChI is InChI=1S/C8H15N3S2.C8H12N2S.2C7H10N2/c1-2-3-4-5-6-12-8-11-10-7(9)13-8;9-7-3-4-8(11-7)10-5-1-2-6-10;2*1-5-4-6(8)2-3-7(5)9/h2-6H2,1H3,(H2,9,10);3-4H,1-2,5-6,9H2;2*2-4H,8-9H2,1H3. The topological polar surface area (TPSA) is 185 Å². The van der Waals surface area contributed by atoms with E-state index in [1.807, 2.05) is 44.2 Å². The Kier molecular flexibility index (Phi) is 15.7. The summed E-state index contributed by atoms with van der Waals surface area (Å²) in [5.41, 5.74) is 38.3.